The molecule has 1 fully saturated rings. The molecular weight excluding hydrogens is 516 g/mol. The summed E-state index contributed by atoms with van der Waals surface area (Å²) in [6.45, 7) is 7.05. The number of thioether (sulfide) groups is 1. The van der Waals surface area contributed by atoms with E-state index in [4.69, 9.17) is 13.9 Å². The first kappa shape index (κ1) is 28.2. The fraction of sp³-hybridized carbons (Fsp3) is 0.367. The summed E-state index contributed by atoms with van der Waals surface area (Å²) in [6.07, 6.45) is -0.773. The minimum Gasteiger partial charge on any atom is -0.496 e. The molecule has 3 atom stereocenters. The normalized spacial score (nSPS) is 19.8. The van der Waals surface area contributed by atoms with Gasteiger partial charge < -0.3 is 24.1 Å². The van der Waals surface area contributed by atoms with E-state index in [2.05, 4.69) is 69.3 Å². The summed E-state index contributed by atoms with van der Waals surface area (Å²) in [4.78, 5) is 11.9. The quantitative estimate of drug-likeness (QED) is 0.377. The van der Waals surface area contributed by atoms with Crippen molar-refractivity contribution < 1.29 is 28.9 Å². The first-order valence-corrected chi connectivity index (χ1v) is 15.6. The van der Waals surface area contributed by atoms with Crippen LogP contribution in [0.15, 0.2) is 72.8 Å². The fourth-order valence-corrected chi connectivity index (χ4v) is 11.6. The van der Waals surface area contributed by atoms with E-state index in [1.54, 1.807) is 17.8 Å². The second kappa shape index (κ2) is 11.5. The molecule has 8 heteroatoms. The van der Waals surface area contributed by atoms with Crippen molar-refractivity contribution in [2.75, 3.05) is 26.6 Å². The number of aromatic carboxylic acids is 1. The van der Waals surface area contributed by atoms with E-state index < -0.39 is 20.4 Å². The van der Waals surface area contributed by atoms with Crippen molar-refractivity contribution in [3.8, 4) is 11.5 Å². The molecule has 0 amide bonds. The lowest BCUT2D eigenvalue weighted by Gasteiger charge is -2.43. The summed E-state index contributed by atoms with van der Waals surface area (Å²) in [5, 5.41) is 23.3. The summed E-state index contributed by atoms with van der Waals surface area (Å²) in [7, 11) is 0.227. The number of carboxylic acids is 1. The molecular formula is C30H36O6SSi. The highest BCUT2D eigenvalue weighted by atomic mass is 32.2. The molecule has 0 radical (unpaired) electrons. The van der Waals surface area contributed by atoms with Gasteiger partial charge in [0.1, 0.15) is 17.1 Å². The van der Waals surface area contributed by atoms with E-state index in [0.717, 1.165) is 0 Å². The maximum absolute atomic E-state index is 11.9. The van der Waals surface area contributed by atoms with Crippen LogP contribution in [0.2, 0.25) is 5.04 Å². The minimum absolute atomic E-state index is 0.0486. The third-order valence-corrected chi connectivity index (χ3v) is 13.7. The Bertz CT molecular complexity index is 1210. The van der Waals surface area contributed by atoms with E-state index in [-0.39, 0.29) is 27.5 Å². The van der Waals surface area contributed by atoms with Crippen molar-refractivity contribution in [1.82, 2.24) is 0 Å². The highest BCUT2D eigenvalue weighted by molar-refractivity contribution is 8.00. The number of ether oxygens (including phenoxy) is 2. The van der Waals surface area contributed by atoms with Gasteiger partial charge in [0.2, 0.25) is 0 Å². The number of aliphatic hydroxyl groups excluding tert-OH is 1. The summed E-state index contributed by atoms with van der Waals surface area (Å²) < 4.78 is 18.2. The second-order valence-corrected chi connectivity index (χ2v) is 16.1. The summed E-state index contributed by atoms with van der Waals surface area (Å²) in [5.74, 6) is -0.124. The third kappa shape index (κ3) is 5.10. The Morgan fingerprint density at radius 1 is 0.947 bits per heavy atom. The Morgan fingerprint density at radius 2 is 1.53 bits per heavy atom. The van der Waals surface area contributed by atoms with Crippen LogP contribution in [0.3, 0.4) is 0 Å². The van der Waals surface area contributed by atoms with Gasteiger partial charge >= 0.3 is 5.97 Å². The number of aliphatic hydroxyl groups is 1. The number of carboxylic acid groups (broad SMARTS) is 1. The molecule has 3 aromatic rings. The van der Waals surface area contributed by atoms with E-state index in [1.165, 1.54) is 30.7 Å². The number of benzene rings is 3. The van der Waals surface area contributed by atoms with Crippen LogP contribution in [0, 0.1) is 0 Å². The zero-order valence-electron chi connectivity index (χ0n) is 22.5. The molecule has 1 aliphatic heterocycles. The lowest BCUT2D eigenvalue weighted by molar-refractivity contribution is 0.0692. The first-order valence-electron chi connectivity index (χ1n) is 12.7. The Labute approximate surface area is 230 Å². The second-order valence-electron chi connectivity index (χ2n) is 10.5. The number of methoxy groups -OCH3 is 2. The summed E-state index contributed by atoms with van der Waals surface area (Å²) in [5.41, 5.74) is 0.635. The van der Waals surface area contributed by atoms with Crippen molar-refractivity contribution in [2.45, 2.75) is 43.1 Å². The van der Waals surface area contributed by atoms with Gasteiger partial charge in [0, 0.05) is 23.8 Å². The molecule has 2 N–H and O–H groups in total. The summed E-state index contributed by atoms with van der Waals surface area (Å²) in [6, 6.07) is 24.0. The van der Waals surface area contributed by atoms with Crippen LogP contribution < -0.4 is 19.8 Å². The molecule has 1 saturated heterocycles. The molecule has 38 heavy (non-hydrogen) atoms. The van der Waals surface area contributed by atoms with Crippen LogP contribution in [-0.2, 0) is 4.43 Å². The van der Waals surface area contributed by atoms with Crippen LogP contribution in [0.5, 0.6) is 11.5 Å². The molecule has 3 aromatic carbocycles. The highest BCUT2D eigenvalue weighted by Gasteiger charge is 2.51. The Hall–Kier alpha value is -2.78. The van der Waals surface area contributed by atoms with Gasteiger partial charge in [0.15, 0.2) is 0 Å². The highest BCUT2D eigenvalue weighted by Crippen LogP contribution is 2.47. The molecule has 4 rings (SSSR count). The molecule has 202 valence electrons. The smallest absolute Gasteiger partial charge is 0.339 e. The van der Waals surface area contributed by atoms with Crippen LogP contribution >= 0.6 is 11.8 Å². The predicted molar refractivity (Wildman–Crippen MR) is 155 cm³/mol. The maximum Gasteiger partial charge on any atom is 0.339 e. The zero-order valence-corrected chi connectivity index (χ0v) is 24.3. The van der Waals surface area contributed by atoms with Crippen molar-refractivity contribution in [1.29, 1.82) is 0 Å². The van der Waals surface area contributed by atoms with Crippen molar-refractivity contribution in [3.05, 3.63) is 83.9 Å². The van der Waals surface area contributed by atoms with Gasteiger partial charge in [0.05, 0.1) is 25.6 Å². The largest absolute Gasteiger partial charge is 0.496 e. The number of hydrogen-bond acceptors (Lipinski definition) is 6. The molecule has 0 aromatic heterocycles. The molecule has 1 aliphatic rings. The number of hydrogen-bond donors (Lipinski definition) is 2. The molecule has 0 saturated carbocycles. The van der Waals surface area contributed by atoms with Crippen LogP contribution in [0.1, 0.15) is 42.6 Å². The van der Waals surface area contributed by atoms with Gasteiger partial charge in [-0.1, -0.05) is 81.4 Å². The summed E-state index contributed by atoms with van der Waals surface area (Å²) >= 11 is 1.64. The molecule has 0 bridgehead atoms. The van der Waals surface area contributed by atoms with E-state index in [1.807, 2.05) is 12.1 Å². The van der Waals surface area contributed by atoms with Crippen molar-refractivity contribution in [2.24, 2.45) is 0 Å². The number of rotatable bonds is 9. The van der Waals surface area contributed by atoms with Crippen LogP contribution in [0.4, 0.5) is 0 Å². The Kier molecular flexibility index (Phi) is 8.57. The van der Waals surface area contributed by atoms with E-state index in [9.17, 15) is 15.0 Å². The Morgan fingerprint density at radius 3 is 2.00 bits per heavy atom. The average molecular weight is 553 g/mol. The van der Waals surface area contributed by atoms with Gasteiger partial charge in [-0.25, -0.2) is 4.79 Å². The standard InChI is InChI=1S/C30H36O6SSi/c1-30(2,3)38(20-12-8-6-9-13-20,21-14-10-7-11-15-21)36-18-25-27(31)23(19-37-25)26-24(34-4)17-16-22(29(32)33)28(26)35-5/h6-17,23,25,27,31H,18-19H2,1-5H3,(H,32,33)/t23-,25-,27+/m1/s1. The zero-order chi connectivity index (χ0) is 27.5. The number of carbonyl (C=O) groups is 1. The first-order chi connectivity index (χ1) is 18.2. The van der Waals surface area contributed by atoms with E-state index >= 15 is 0 Å². The molecule has 0 spiro atoms. The van der Waals surface area contributed by atoms with Gasteiger partial charge in [-0.05, 0) is 27.5 Å². The molecule has 6 nitrogen and oxygen atoms in total. The van der Waals surface area contributed by atoms with Crippen LogP contribution in [-0.4, -0.2) is 62.4 Å². The van der Waals surface area contributed by atoms with Crippen molar-refractivity contribution in [3.63, 3.8) is 0 Å². The Balaban J connectivity index is 1.69. The third-order valence-electron chi connectivity index (χ3n) is 7.35. The minimum atomic E-state index is -2.76. The molecule has 0 aliphatic carbocycles. The predicted octanol–water partition coefficient (Wildman–Crippen LogP) is 4.54. The lowest BCUT2D eigenvalue weighted by Crippen LogP contribution is -2.67. The van der Waals surface area contributed by atoms with Crippen molar-refractivity contribution >= 4 is 36.4 Å². The fourth-order valence-electron chi connectivity index (χ4n) is 5.55. The van der Waals surface area contributed by atoms with E-state index in [0.29, 0.717) is 23.7 Å². The van der Waals surface area contributed by atoms with Gasteiger partial charge in [0.25, 0.3) is 8.32 Å². The maximum atomic E-state index is 11.9. The molecule has 0 unspecified atom stereocenters. The topological polar surface area (TPSA) is 85.2 Å². The van der Waals surface area contributed by atoms with Crippen LogP contribution in [0.25, 0.3) is 0 Å². The molecule has 1 heterocycles. The van der Waals surface area contributed by atoms with Gasteiger partial charge in [-0.3, -0.25) is 0 Å². The SMILES string of the molecule is COc1ccc(C(=O)O)c(OC)c1[C@H]1CS[C@H](CO[Si](c2ccccc2)(c2ccccc2)C(C)(C)C)[C@H]1O. The average Bonchev–Trinajstić information content (AvgIpc) is 3.28. The van der Waals surface area contributed by atoms with Gasteiger partial charge in [-0.15, -0.1) is 0 Å². The monoisotopic (exact) mass is 552 g/mol. The lowest BCUT2D eigenvalue weighted by atomic mass is 9.90. The van der Waals surface area contributed by atoms with Gasteiger partial charge in [-0.2, -0.15) is 11.8 Å².